The summed E-state index contributed by atoms with van der Waals surface area (Å²) in [6.45, 7) is 5.31. The molecule has 0 spiro atoms. The van der Waals surface area contributed by atoms with E-state index in [2.05, 4.69) is 53.1 Å². The first-order valence-electron chi connectivity index (χ1n) is 5.86. The van der Waals surface area contributed by atoms with Crippen LogP contribution in [0, 0.1) is 0 Å². The van der Waals surface area contributed by atoms with Gasteiger partial charge >= 0.3 is 12.1 Å². The van der Waals surface area contributed by atoms with E-state index in [1.807, 2.05) is 0 Å². The number of hydrogen-bond acceptors (Lipinski definition) is 4. The lowest BCUT2D eigenvalue weighted by Gasteiger charge is -2.19. The number of carbonyl (C=O) groups excluding carboxylic acids is 2. The van der Waals surface area contributed by atoms with Crippen LogP contribution in [-0.2, 0) is 9.53 Å². The summed E-state index contributed by atoms with van der Waals surface area (Å²) in [4.78, 5) is 23.3. The fourth-order valence-corrected chi connectivity index (χ4v) is 1.47. The second-order valence-electron chi connectivity index (χ2n) is 5.04. The number of hydrogen-bond donors (Lipinski definition) is 1. The minimum atomic E-state index is -1.15. The zero-order valence-corrected chi connectivity index (χ0v) is 16.3. The molecule has 0 heterocycles. The Morgan fingerprint density at radius 3 is 2.29 bits per heavy atom. The van der Waals surface area contributed by atoms with Crippen molar-refractivity contribution in [2.45, 2.75) is 28.5 Å². The van der Waals surface area contributed by atoms with E-state index in [0.29, 0.717) is 5.69 Å². The number of esters is 1. The van der Waals surface area contributed by atoms with Crippen LogP contribution < -0.4 is 10.1 Å². The van der Waals surface area contributed by atoms with Gasteiger partial charge in [-0.25, -0.2) is 9.59 Å². The van der Waals surface area contributed by atoms with E-state index in [9.17, 15) is 9.59 Å². The summed E-state index contributed by atoms with van der Waals surface area (Å²) in [6, 6.07) is 6.41. The van der Waals surface area contributed by atoms with Gasteiger partial charge in [-0.1, -0.05) is 6.07 Å². The Morgan fingerprint density at radius 2 is 1.76 bits per heavy atom. The molecule has 116 valence electrons. The third-order valence-electron chi connectivity index (χ3n) is 1.92. The largest absolute Gasteiger partial charge is 0.444 e. The number of halogens is 3. The zero-order chi connectivity index (χ0) is 16.3. The molecule has 0 radical (unpaired) electrons. The number of rotatable bonds is 2. The van der Waals surface area contributed by atoms with Gasteiger partial charge in [0.1, 0.15) is 11.4 Å². The molecule has 1 aromatic carbocycles. The summed E-state index contributed by atoms with van der Waals surface area (Å²) in [5, 5.41) is 2.56. The van der Waals surface area contributed by atoms with Crippen LogP contribution in [0.25, 0.3) is 0 Å². The third-order valence-corrected chi connectivity index (χ3v) is 2.89. The second-order valence-corrected chi connectivity index (χ2v) is 11.8. The van der Waals surface area contributed by atoms with Crippen molar-refractivity contribution in [3.63, 3.8) is 0 Å². The number of alkyl halides is 3. The normalized spacial score (nSPS) is 11.7. The van der Waals surface area contributed by atoms with Crippen molar-refractivity contribution in [3.05, 3.63) is 24.3 Å². The first-order chi connectivity index (χ1) is 9.47. The molecule has 0 saturated heterocycles. The average Bonchev–Trinajstić information content (AvgIpc) is 2.25. The average molecular weight is 488 g/mol. The molecular weight excluding hydrogens is 474 g/mol. The number of nitrogens with one attached hydrogen (secondary N) is 1. The molecule has 0 aliphatic heterocycles. The fraction of sp³-hybridized carbons (Fsp3) is 0.385. The Labute approximate surface area is 148 Å². The maximum atomic E-state index is 11.7. The first-order valence-corrected chi connectivity index (χ1v) is 8.24. The van der Waals surface area contributed by atoms with Gasteiger partial charge in [-0.05, 0) is 80.7 Å². The zero-order valence-electron chi connectivity index (χ0n) is 11.6. The highest BCUT2D eigenvalue weighted by Crippen LogP contribution is 2.35. The molecule has 0 bridgehead atoms. The van der Waals surface area contributed by atoms with Crippen LogP contribution in [0.5, 0.6) is 5.75 Å². The molecule has 21 heavy (non-hydrogen) atoms. The maximum absolute atomic E-state index is 11.7. The van der Waals surface area contributed by atoms with Crippen LogP contribution in [0.2, 0.25) is 0 Å². The highest BCUT2D eigenvalue weighted by atomic mass is 80.0. The van der Waals surface area contributed by atoms with E-state index in [1.165, 1.54) is 6.07 Å². The molecule has 8 heteroatoms. The van der Waals surface area contributed by atoms with E-state index in [0.717, 1.165) is 0 Å². The lowest BCUT2D eigenvalue weighted by Crippen LogP contribution is -2.27. The lowest BCUT2D eigenvalue weighted by molar-refractivity contribution is -0.132. The van der Waals surface area contributed by atoms with Crippen molar-refractivity contribution in [3.8, 4) is 5.75 Å². The van der Waals surface area contributed by atoms with Crippen molar-refractivity contribution in [1.82, 2.24) is 0 Å². The Kier molecular flexibility index (Phi) is 6.24. The van der Waals surface area contributed by atoms with Crippen molar-refractivity contribution >= 4 is 65.5 Å². The lowest BCUT2D eigenvalue weighted by atomic mass is 10.2. The summed E-state index contributed by atoms with van der Waals surface area (Å²) in [6.07, 6.45) is -0.582. The van der Waals surface area contributed by atoms with E-state index in [1.54, 1.807) is 39.0 Å². The minimum Gasteiger partial charge on any atom is -0.444 e. The number of amides is 1. The summed E-state index contributed by atoms with van der Waals surface area (Å²) < 4.78 is 9.12. The minimum absolute atomic E-state index is 0.288. The Balaban J connectivity index is 2.73. The molecule has 0 atom stereocenters. The van der Waals surface area contributed by atoms with E-state index in [-0.39, 0.29) is 5.75 Å². The van der Waals surface area contributed by atoms with Gasteiger partial charge in [0.15, 0.2) is 0 Å². The quantitative estimate of drug-likeness (QED) is 0.370. The van der Waals surface area contributed by atoms with Crippen molar-refractivity contribution in [2.24, 2.45) is 0 Å². The molecule has 1 amide bonds. The summed E-state index contributed by atoms with van der Waals surface area (Å²) in [5.74, 6) is -0.298. The standard InChI is InChI=1S/C13H14Br3NO4/c1-12(2,3)21-11(19)17-8-5-4-6-9(7-8)20-10(18)13(14,15)16/h4-7H,1-3H3,(H,17,19). The van der Waals surface area contributed by atoms with Crippen LogP contribution in [0.4, 0.5) is 10.5 Å². The van der Waals surface area contributed by atoms with Crippen molar-refractivity contribution < 1.29 is 19.1 Å². The van der Waals surface area contributed by atoms with Gasteiger partial charge in [0.05, 0.1) is 0 Å². The van der Waals surface area contributed by atoms with Crippen LogP contribution in [0.15, 0.2) is 24.3 Å². The predicted octanol–water partition coefficient (Wildman–Crippen LogP) is 4.78. The van der Waals surface area contributed by atoms with Crippen LogP contribution in [0.3, 0.4) is 0 Å². The van der Waals surface area contributed by atoms with Gasteiger partial charge in [0.2, 0.25) is 2.14 Å². The van der Waals surface area contributed by atoms with Crippen LogP contribution in [0.1, 0.15) is 20.8 Å². The van der Waals surface area contributed by atoms with Gasteiger partial charge in [-0.3, -0.25) is 5.32 Å². The van der Waals surface area contributed by atoms with Gasteiger partial charge in [0.25, 0.3) is 0 Å². The summed E-state index contributed by atoms with van der Waals surface area (Å²) >= 11 is 9.19. The molecule has 0 aliphatic rings. The van der Waals surface area contributed by atoms with E-state index >= 15 is 0 Å². The highest BCUT2D eigenvalue weighted by molar-refractivity contribution is 9.40. The summed E-state index contributed by atoms with van der Waals surface area (Å²) in [5.41, 5.74) is -0.130. The van der Waals surface area contributed by atoms with Crippen molar-refractivity contribution in [2.75, 3.05) is 5.32 Å². The predicted molar refractivity (Wildman–Crippen MR) is 91.4 cm³/mol. The first kappa shape index (κ1) is 18.4. The van der Waals surface area contributed by atoms with Gasteiger partial charge in [-0.2, -0.15) is 0 Å². The topological polar surface area (TPSA) is 64.6 Å². The molecule has 0 saturated carbocycles. The van der Waals surface area contributed by atoms with E-state index < -0.39 is 19.8 Å². The van der Waals surface area contributed by atoms with Crippen LogP contribution in [-0.4, -0.2) is 19.8 Å². The molecule has 5 nitrogen and oxygen atoms in total. The smallest absolute Gasteiger partial charge is 0.412 e. The van der Waals surface area contributed by atoms with Gasteiger partial charge in [0, 0.05) is 11.8 Å². The summed E-state index contributed by atoms with van der Waals surface area (Å²) in [7, 11) is 0. The molecular formula is C13H14Br3NO4. The van der Waals surface area contributed by atoms with Crippen LogP contribution >= 0.6 is 47.8 Å². The number of benzene rings is 1. The maximum Gasteiger partial charge on any atom is 0.412 e. The Bertz CT molecular complexity index is 535. The third kappa shape index (κ3) is 7.28. The van der Waals surface area contributed by atoms with Crippen molar-refractivity contribution in [1.29, 1.82) is 0 Å². The Hall–Kier alpha value is -0.600. The van der Waals surface area contributed by atoms with Gasteiger partial charge in [-0.15, -0.1) is 0 Å². The molecule has 0 fully saturated rings. The monoisotopic (exact) mass is 485 g/mol. The number of ether oxygens (including phenoxy) is 2. The SMILES string of the molecule is CC(C)(C)OC(=O)Nc1cccc(OC(=O)C(Br)(Br)Br)c1. The molecule has 0 aliphatic carbocycles. The molecule has 0 aromatic heterocycles. The van der Waals surface area contributed by atoms with E-state index in [4.69, 9.17) is 9.47 Å². The molecule has 1 N–H and O–H groups in total. The molecule has 0 unspecified atom stereocenters. The second kappa shape index (κ2) is 7.11. The Morgan fingerprint density at radius 1 is 1.14 bits per heavy atom. The number of anilines is 1. The van der Waals surface area contributed by atoms with Gasteiger partial charge < -0.3 is 9.47 Å². The highest BCUT2D eigenvalue weighted by Gasteiger charge is 2.31. The molecule has 1 aromatic rings. The molecule has 1 rings (SSSR count). The number of carbonyl (C=O) groups is 2. The fourth-order valence-electron chi connectivity index (χ4n) is 1.22.